The fourth-order valence-electron chi connectivity index (χ4n) is 4.51. The number of hydrogen-bond donors (Lipinski definition) is 2. The van der Waals surface area contributed by atoms with Gasteiger partial charge in [-0.1, -0.05) is 67.6 Å². The number of carboxylic acids is 1. The Morgan fingerprint density at radius 2 is 1.54 bits per heavy atom. The maximum Gasteiger partial charge on any atom is 0.341 e. The molecule has 0 fully saturated rings. The van der Waals surface area contributed by atoms with Gasteiger partial charge >= 0.3 is 5.97 Å². The minimum atomic E-state index is -1.02. The van der Waals surface area contributed by atoms with Crippen LogP contribution >= 0.6 is 0 Å². The van der Waals surface area contributed by atoms with Crippen molar-refractivity contribution in [2.24, 2.45) is 0 Å². The molecule has 5 aromatic rings. The molecule has 0 bridgehead atoms. The fraction of sp³-hybridized carbons (Fsp3) is 0.0968. The number of phenols is 1. The predicted molar refractivity (Wildman–Crippen MR) is 144 cm³/mol. The summed E-state index contributed by atoms with van der Waals surface area (Å²) in [6.45, 7) is 1.71. The first kappa shape index (κ1) is 23.9. The molecule has 1 heterocycles. The first-order valence-electron chi connectivity index (χ1n) is 12.1. The number of para-hydroxylation sites is 1. The minimum Gasteiger partial charge on any atom is -0.508 e. The van der Waals surface area contributed by atoms with Crippen molar-refractivity contribution in [2.75, 3.05) is 6.61 Å². The molecule has 0 unspecified atom stereocenters. The lowest BCUT2D eigenvalue weighted by molar-refractivity contribution is -0.139. The molecule has 2 N–H and O–H groups in total. The lowest BCUT2D eigenvalue weighted by Gasteiger charge is -2.14. The predicted octanol–water partition coefficient (Wildman–Crippen LogP) is 6.60. The van der Waals surface area contributed by atoms with E-state index in [1.54, 1.807) is 18.2 Å². The number of aromatic hydroxyl groups is 1. The van der Waals surface area contributed by atoms with Crippen LogP contribution in [0.2, 0.25) is 0 Å². The molecule has 0 atom stereocenters. The lowest BCUT2D eigenvalue weighted by atomic mass is 9.97. The monoisotopic (exact) mass is 490 g/mol. The second-order valence-corrected chi connectivity index (χ2v) is 8.58. The summed E-state index contributed by atoms with van der Waals surface area (Å²) in [5, 5.41) is 24.0. The van der Waals surface area contributed by atoms with Crippen LogP contribution < -0.4 is 4.74 Å². The molecule has 0 amide bonds. The van der Waals surface area contributed by atoms with Crippen molar-refractivity contribution in [3.8, 4) is 50.7 Å². The van der Waals surface area contributed by atoms with Crippen molar-refractivity contribution in [1.82, 2.24) is 9.78 Å². The number of nitrogens with zero attached hydrogens (tertiary/aromatic N) is 2. The molecule has 4 aromatic carbocycles. The van der Waals surface area contributed by atoms with Crippen molar-refractivity contribution < 1.29 is 19.7 Å². The van der Waals surface area contributed by atoms with Crippen LogP contribution in [-0.4, -0.2) is 32.6 Å². The zero-order chi connectivity index (χ0) is 25.8. The Kier molecular flexibility index (Phi) is 6.72. The maximum absolute atomic E-state index is 11.0. The van der Waals surface area contributed by atoms with E-state index >= 15 is 0 Å². The molecule has 0 saturated carbocycles. The Morgan fingerprint density at radius 3 is 2.27 bits per heavy atom. The van der Waals surface area contributed by atoms with Gasteiger partial charge in [-0.05, 0) is 60.0 Å². The SMILES string of the molecule is CCc1c(-c2ccccc2)c(-c2ccc(O)cc2)nn1-c1ccccc1-c1cccc(OCC(=O)O)c1. The molecule has 1 aromatic heterocycles. The topological polar surface area (TPSA) is 84.6 Å². The van der Waals surface area contributed by atoms with Crippen molar-refractivity contribution in [3.63, 3.8) is 0 Å². The van der Waals surface area contributed by atoms with Gasteiger partial charge in [0.15, 0.2) is 6.61 Å². The Labute approximate surface area is 215 Å². The van der Waals surface area contributed by atoms with E-state index in [-0.39, 0.29) is 5.75 Å². The van der Waals surface area contributed by atoms with Gasteiger partial charge < -0.3 is 14.9 Å². The van der Waals surface area contributed by atoms with E-state index in [0.717, 1.165) is 51.3 Å². The van der Waals surface area contributed by atoms with Crippen LogP contribution in [0.1, 0.15) is 12.6 Å². The van der Waals surface area contributed by atoms with Crippen molar-refractivity contribution in [3.05, 3.63) is 109 Å². The van der Waals surface area contributed by atoms with E-state index in [1.165, 1.54) is 0 Å². The highest BCUT2D eigenvalue weighted by atomic mass is 16.5. The number of aromatic nitrogens is 2. The highest BCUT2D eigenvalue weighted by Crippen LogP contribution is 2.38. The lowest BCUT2D eigenvalue weighted by Crippen LogP contribution is -2.09. The standard InChI is InChI=1S/C31H26N2O4/c1-2-27-30(21-9-4-3-5-10-21)31(22-15-17-24(34)18-16-22)32-33(27)28-14-7-6-13-26(28)23-11-8-12-25(19-23)37-20-29(35)36/h3-19,34H,2,20H2,1H3,(H,35,36). The third-order valence-electron chi connectivity index (χ3n) is 6.16. The molecular formula is C31H26N2O4. The summed E-state index contributed by atoms with van der Waals surface area (Å²) >= 11 is 0. The van der Waals surface area contributed by atoms with Gasteiger partial charge in [0.1, 0.15) is 17.2 Å². The summed E-state index contributed by atoms with van der Waals surface area (Å²) in [7, 11) is 0. The first-order chi connectivity index (χ1) is 18.0. The van der Waals surface area contributed by atoms with E-state index < -0.39 is 12.6 Å². The average Bonchev–Trinajstić information content (AvgIpc) is 3.32. The summed E-state index contributed by atoms with van der Waals surface area (Å²) in [6.07, 6.45) is 0.741. The number of phenolic OH excluding ortho intramolecular Hbond substituents is 1. The largest absolute Gasteiger partial charge is 0.508 e. The maximum atomic E-state index is 11.0. The molecule has 0 saturated heterocycles. The van der Waals surface area contributed by atoms with Gasteiger partial charge in [-0.2, -0.15) is 5.10 Å². The van der Waals surface area contributed by atoms with Crippen LogP contribution in [0, 0.1) is 0 Å². The van der Waals surface area contributed by atoms with E-state index in [2.05, 4.69) is 19.1 Å². The first-order valence-corrected chi connectivity index (χ1v) is 12.1. The summed E-state index contributed by atoms with van der Waals surface area (Å²) in [6, 6.07) is 32.7. The third kappa shape index (κ3) is 4.95. The normalized spacial score (nSPS) is 10.8. The summed E-state index contributed by atoms with van der Waals surface area (Å²) in [5.74, 6) is -0.332. The highest BCUT2D eigenvalue weighted by molar-refractivity contribution is 5.84. The number of carboxylic acid groups (broad SMARTS) is 1. The van der Waals surface area contributed by atoms with Gasteiger partial charge in [0.2, 0.25) is 0 Å². The molecule has 0 aliphatic heterocycles. The van der Waals surface area contributed by atoms with Crippen molar-refractivity contribution in [2.45, 2.75) is 13.3 Å². The molecular weight excluding hydrogens is 464 g/mol. The van der Waals surface area contributed by atoms with Gasteiger partial charge in [0, 0.05) is 16.7 Å². The molecule has 0 spiro atoms. The molecule has 0 aliphatic rings. The minimum absolute atomic E-state index is 0.204. The molecule has 0 aliphatic carbocycles. The molecule has 5 rings (SSSR count). The summed E-state index contributed by atoms with van der Waals surface area (Å²) in [5.41, 5.74) is 7.64. The smallest absolute Gasteiger partial charge is 0.341 e. The number of aliphatic carboxylic acids is 1. The van der Waals surface area contributed by atoms with Gasteiger partial charge in [-0.3, -0.25) is 0 Å². The van der Waals surface area contributed by atoms with E-state index in [9.17, 15) is 9.90 Å². The average molecular weight is 491 g/mol. The van der Waals surface area contributed by atoms with Crippen LogP contribution in [0.15, 0.2) is 103 Å². The second-order valence-electron chi connectivity index (χ2n) is 8.58. The second kappa shape index (κ2) is 10.4. The Balaban J connectivity index is 1.70. The molecule has 6 heteroatoms. The number of rotatable bonds is 8. The van der Waals surface area contributed by atoms with Crippen LogP contribution in [-0.2, 0) is 11.2 Å². The fourth-order valence-corrected chi connectivity index (χ4v) is 4.51. The molecule has 0 radical (unpaired) electrons. The summed E-state index contributed by atoms with van der Waals surface area (Å²) in [4.78, 5) is 11.0. The van der Waals surface area contributed by atoms with Crippen LogP contribution in [0.3, 0.4) is 0 Å². The van der Waals surface area contributed by atoms with E-state index in [4.69, 9.17) is 14.9 Å². The van der Waals surface area contributed by atoms with Gasteiger partial charge in [0.05, 0.1) is 11.4 Å². The molecule has 6 nitrogen and oxygen atoms in total. The van der Waals surface area contributed by atoms with Crippen LogP contribution in [0.25, 0.3) is 39.2 Å². The number of benzene rings is 4. The number of ether oxygens (including phenoxy) is 1. The van der Waals surface area contributed by atoms with E-state index in [1.807, 2.05) is 77.5 Å². The van der Waals surface area contributed by atoms with Crippen molar-refractivity contribution >= 4 is 5.97 Å². The number of hydrogen-bond acceptors (Lipinski definition) is 4. The Morgan fingerprint density at radius 1 is 0.838 bits per heavy atom. The zero-order valence-corrected chi connectivity index (χ0v) is 20.3. The van der Waals surface area contributed by atoms with Gasteiger partial charge in [-0.25, -0.2) is 9.48 Å². The highest BCUT2D eigenvalue weighted by Gasteiger charge is 2.22. The van der Waals surface area contributed by atoms with Crippen LogP contribution in [0.5, 0.6) is 11.5 Å². The van der Waals surface area contributed by atoms with Crippen LogP contribution in [0.4, 0.5) is 0 Å². The van der Waals surface area contributed by atoms with Gasteiger partial charge in [0.25, 0.3) is 0 Å². The quantitative estimate of drug-likeness (QED) is 0.256. The van der Waals surface area contributed by atoms with E-state index in [0.29, 0.717) is 5.75 Å². The summed E-state index contributed by atoms with van der Waals surface area (Å²) < 4.78 is 7.42. The third-order valence-corrected chi connectivity index (χ3v) is 6.16. The molecule has 37 heavy (non-hydrogen) atoms. The van der Waals surface area contributed by atoms with Crippen molar-refractivity contribution in [1.29, 1.82) is 0 Å². The Hall–Kier alpha value is -4.84. The number of carbonyl (C=O) groups is 1. The zero-order valence-electron chi connectivity index (χ0n) is 20.3. The Bertz CT molecular complexity index is 1540. The molecule has 184 valence electrons. The van der Waals surface area contributed by atoms with Gasteiger partial charge in [-0.15, -0.1) is 0 Å².